The molecule has 1 N–H and O–H groups in total. The second-order valence-corrected chi connectivity index (χ2v) is 11.9. The molecule has 0 aromatic carbocycles. The molecule has 2 atom stereocenters. The molecule has 1 amide bonds. The Bertz CT molecular complexity index is 614. The summed E-state index contributed by atoms with van der Waals surface area (Å²) in [4.78, 5) is 20.9. The molecule has 182 valence electrons. The van der Waals surface area contributed by atoms with Crippen molar-refractivity contribution in [2.45, 2.75) is 103 Å². The Kier molecular flexibility index (Phi) is 7.16. The molecular weight excluding hydrogens is 396 g/mol. The van der Waals surface area contributed by atoms with Crippen LogP contribution >= 0.6 is 0 Å². The first-order valence-electron chi connectivity index (χ1n) is 14.1. The summed E-state index contributed by atoms with van der Waals surface area (Å²) in [6.07, 6.45) is 12.1. The van der Waals surface area contributed by atoms with Gasteiger partial charge in [-0.15, -0.1) is 0 Å². The van der Waals surface area contributed by atoms with Gasteiger partial charge in [-0.25, -0.2) is 0 Å². The van der Waals surface area contributed by atoms with Crippen LogP contribution < -0.4 is 5.32 Å². The minimum Gasteiger partial charge on any atom is -0.342 e. The molecule has 0 unspecified atom stereocenters. The average molecular weight is 445 g/mol. The molecule has 6 aliphatic rings. The van der Waals surface area contributed by atoms with E-state index in [4.69, 9.17) is 0 Å². The van der Waals surface area contributed by atoms with Crippen molar-refractivity contribution >= 4 is 5.91 Å². The van der Waals surface area contributed by atoms with E-state index in [0.717, 1.165) is 55.8 Å². The average Bonchev–Trinajstić information content (AvgIpc) is 3.21. The van der Waals surface area contributed by atoms with Gasteiger partial charge in [0.05, 0.1) is 6.04 Å². The Morgan fingerprint density at radius 2 is 1.53 bits per heavy atom. The molecule has 4 saturated carbocycles. The van der Waals surface area contributed by atoms with Crippen molar-refractivity contribution in [3.63, 3.8) is 0 Å². The summed E-state index contributed by atoms with van der Waals surface area (Å²) in [5.41, 5.74) is 0. The molecule has 2 saturated heterocycles. The molecule has 5 nitrogen and oxygen atoms in total. The lowest BCUT2D eigenvalue weighted by molar-refractivity contribution is -0.136. The SMILES string of the molecule is CCCN1CCC(N2C[C@H](NC3C4CC5CC(C4)CC3C5)C[C@H]2C(=O)N(CC)CC)CC1. The molecule has 4 bridgehead atoms. The van der Waals surface area contributed by atoms with Gasteiger partial charge in [0.1, 0.15) is 0 Å². The van der Waals surface area contributed by atoms with E-state index in [1.54, 1.807) is 0 Å². The number of rotatable bonds is 8. The summed E-state index contributed by atoms with van der Waals surface area (Å²) in [6, 6.07) is 1.89. The van der Waals surface area contributed by atoms with E-state index in [1.165, 1.54) is 71.0 Å². The molecule has 2 aliphatic heterocycles. The first-order valence-corrected chi connectivity index (χ1v) is 14.1. The van der Waals surface area contributed by atoms with Gasteiger partial charge in [-0.1, -0.05) is 6.92 Å². The van der Waals surface area contributed by atoms with Crippen LogP contribution in [0, 0.1) is 23.7 Å². The third-order valence-electron chi connectivity index (χ3n) is 9.92. The number of amides is 1. The number of likely N-dealkylation sites (tertiary alicyclic amines) is 2. The van der Waals surface area contributed by atoms with Gasteiger partial charge in [0.25, 0.3) is 0 Å². The van der Waals surface area contributed by atoms with Gasteiger partial charge in [0.2, 0.25) is 5.91 Å². The van der Waals surface area contributed by atoms with Crippen LogP contribution in [-0.2, 0) is 4.79 Å². The first kappa shape index (κ1) is 23.1. The second kappa shape index (κ2) is 9.92. The molecule has 0 radical (unpaired) electrons. The minimum atomic E-state index is 0.0898. The Morgan fingerprint density at radius 3 is 2.09 bits per heavy atom. The largest absolute Gasteiger partial charge is 0.342 e. The summed E-state index contributed by atoms with van der Waals surface area (Å²) < 4.78 is 0. The van der Waals surface area contributed by atoms with Gasteiger partial charge in [-0.2, -0.15) is 0 Å². The van der Waals surface area contributed by atoms with Crippen molar-refractivity contribution in [2.24, 2.45) is 23.7 Å². The highest BCUT2D eigenvalue weighted by molar-refractivity contribution is 5.82. The molecule has 5 heteroatoms. The summed E-state index contributed by atoms with van der Waals surface area (Å²) in [7, 11) is 0. The van der Waals surface area contributed by atoms with Crippen LogP contribution in [0.1, 0.15) is 78.6 Å². The van der Waals surface area contributed by atoms with Crippen molar-refractivity contribution in [1.29, 1.82) is 0 Å². The van der Waals surface area contributed by atoms with E-state index in [0.29, 0.717) is 18.0 Å². The quantitative estimate of drug-likeness (QED) is 0.621. The molecule has 32 heavy (non-hydrogen) atoms. The molecule has 6 fully saturated rings. The lowest BCUT2D eigenvalue weighted by atomic mass is 9.54. The van der Waals surface area contributed by atoms with E-state index in [-0.39, 0.29) is 6.04 Å². The normalized spacial score (nSPS) is 40.3. The van der Waals surface area contributed by atoms with Gasteiger partial charge < -0.3 is 15.1 Å². The van der Waals surface area contributed by atoms with E-state index in [2.05, 4.69) is 40.8 Å². The van der Waals surface area contributed by atoms with E-state index in [9.17, 15) is 4.79 Å². The van der Waals surface area contributed by atoms with Crippen LogP contribution in [0.25, 0.3) is 0 Å². The molecule has 6 rings (SSSR count). The number of nitrogens with zero attached hydrogens (tertiary/aromatic N) is 3. The summed E-state index contributed by atoms with van der Waals surface area (Å²) >= 11 is 0. The van der Waals surface area contributed by atoms with Crippen molar-refractivity contribution in [1.82, 2.24) is 20.0 Å². The molecule has 2 heterocycles. The number of likely N-dealkylation sites (N-methyl/N-ethyl adjacent to an activating group) is 1. The number of carbonyl (C=O) groups excluding carboxylic acids is 1. The van der Waals surface area contributed by atoms with E-state index >= 15 is 0 Å². The van der Waals surface area contributed by atoms with Crippen LogP contribution in [0.3, 0.4) is 0 Å². The Labute approximate surface area is 196 Å². The Hall–Kier alpha value is -0.650. The van der Waals surface area contributed by atoms with Crippen LogP contribution in [0.15, 0.2) is 0 Å². The third kappa shape index (κ3) is 4.51. The number of hydrogen-bond acceptors (Lipinski definition) is 4. The van der Waals surface area contributed by atoms with Gasteiger partial charge in [0, 0.05) is 37.8 Å². The molecule has 0 spiro atoms. The maximum absolute atomic E-state index is 13.6. The Balaban J connectivity index is 1.26. The summed E-state index contributed by atoms with van der Waals surface area (Å²) in [5, 5.41) is 4.20. The lowest BCUT2D eigenvalue weighted by Gasteiger charge is -2.55. The van der Waals surface area contributed by atoms with Crippen molar-refractivity contribution in [3.8, 4) is 0 Å². The van der Waals surface area contributed by atoms with Gasteiger partial charge >= 0.3 is 0 Å². The highest BCUT2D eigenvalue weighted by Gasteiger charge is 2.50. The van der Waals surface area contributed by atoms with Gasteiger partial charge in [0.15, 0.2) is 0 Å². The highest BCUT2D eigenvalue weighted by Crippen LogP contribution is 2.54. The predicted molar refractivity (Wildman–Crippen MR) is 131 cm³/mol. The second-order valence-electron chi connectivity index (χ2n) is 11.9. The van der Waals surface area contributed by atoms with E-state index < -0.39 is 0 Å². The fourth-order valence-corrected chi connectivity index (χ4v) is 8.63. The zero-order chi connectivity index (χ0) is 22.2. The standard InChI is InChI=1S/C27H48N4O/c1-4-9-29-10-7-24(8-11-29)31-18-23(17-25(31)27(32)30(5-2)6-3)28-26-21-13-19-12-20(15-21)16-22(26)14-19/h19-26,28H,4-18H2,1-3H3/t19?,20?,21?,22?,23-,25+,26?/m1/s1. The van der Waals surface area contributed by atoms with Crippen molar-refractivity contribution in [2.75, 3.05) is 39.3 Å². The zero-order valence-corrected chi connectivity index (χ0v) is 21.0. The lowest BCUT2D eigenvalue weighted by Crippen LogP contribution is -2.57. The molecule has 0 aromatic rings. The molecule has 4 aliphatic carbocycles. The van der Waals surface area contributed by atoms with Crippen molar-refractivity contribution < 1.29 is 4.79 Å². The van der Waals surface area contributed by atoms with E-state index in [1.807, 2.05) is 0 Å². The van der Waals surface area contributed by atoms with Crippen LogP contribution in [0.2, 0.25) is 0 Å². The molecule has 0 aromatic heterocycles. The number of nitrogens with one attached hydrogen (secondary N) is 1. The minimum absolute atomic E-state index is 0.0898. The van der Waals surface area contributed by atoms with Crippen LogP contribution in [-0.4, -0.2) is 84.0 Å². The first-order chi connectivity index (χ1) is 15.6. The van der Waals surface area contributed by atoms with Crippen molar-refractivity contribution in [3.05, 3.63) is 0 Å². The maximum Gasteiger partial charge on any atom is 0.239 e. The highest BCUT2D eigenvalue weighted by atomic mass is 16.2. The number of carbonyl (C=O) groups is 1. The molecular formula is C27H48N4O. The maximum atomic E-state index is 13.6. The topological polar surface area (TPSA) is 38.8 Å². The number of piperidine rings is 1. The fraction of sp³-hybridized carbons (Fsp3) is 0.963. The van der Waals surface area contributed by atoms with Crippen LogP contribution in [0.5, 0.6) is 0 Å². The third-order valence-corrected chi connectivity index (χ3v) is 9.92. The van der Waals surface area contributed by atoms with Gasteiger partial charge in [-0.05, 0) is 115 Å². The Morgan fingerprint density at radius 1 is 0.906 bits per heavy atom. The fourth-order valence-electron chi connectivity index (χ4n) is 8.63. The van der Waals surface area contributed by atoms with Crippen LogP contribution in [0.4, 0.5) is 0 Å². The smallest absolute Gasteiger partial charge is 0.239 e. The number of hydrogen-bond donors (Lipinski definition) is 1. The predicted octanol–water partition coefficient (Wildman–Crippen LogP) is 3.59. The monoisotopic (exact) mass is 444 g/mol. The van der Waals surface area contributed by atoms with Gasteiger partial charge in [-0.3, -0.25) is 9.69 Å². The summed E-state index contributed by atoms with van der Waals surface area (Å²) in [6.45, 7) is 12.9. The summed E-state index contributed by atoms with van der Waals surface area (Å²) in [5.74, 6) is 4.27. The zero-order valence-electron chi connectivity index (χ0n) is 21.0.